The van der Waals surface area contributed by atoms with E-state index >= 15 is 0 Å². The van der Waals surface area contributed by atoms with E-state index in [2.05, 4.69) is 0 Å². The molecule has 0 aromatic heterocycles. The van der Waals surface area contributed by atoms with Crippen LogP contribution in [0.15, 0.2) is 0 Å². The van der Waals surface area contributed by atoms with Gasteiger partial charge in [0.2, 0.25) is 0 Å². The summed E-state index contributed by atoms with van der Waals surface area (Å²) in [7, 11) is -10.6. The van der Waals surface area contributed by atoms with Gasteiger partial charge in [0, 0.05) is 19.4 Å². The summed E-state index contributed by atoms with van der Waals surface area (Å²) in [6.45, 7) is -5.64. The van der Waals surface area contributed by atoms with Crippen molar-refractivity contribution >= 4 is 26.1 Å². The van der Waals surface area contributed by atoms with E-state index in [-0.39, 0.29) is 6.54 Å². The Kier molecular flexibility index (Phi) is 14.8. The summed E-state index contributed by atoms with van der Waals surface area (Å²) in [5.41, 5.74) is 0. The molecule has 0 aromatic carbocycles. The number of carboxylic acids is 1. The third kappa shape index (κ3) is 8.66. The van der Waals surface area contributed by atoms with Crippen LogP contribution in [0.1, 0.15) is 12.8 Å². The second-order valence-corrected chi connectivity index (χ2v) is 15.9. The van der Waals surface area contributed by atoms with Gasteiger partial charge in [-0.3, -0.25) is 9.35 Å². The van der Waals surface area contributed by atoms with Gasteiger partial charge in [0.15, 0.2) is 0 Å². The molecule has 0 saturated heterocycles. The highest BCUT2D eigenvalue weighted by Gasteiger charge is 3.00. The number of carboxylic acid groups (broad SMARTS) is 1. The summed E-state index contributed by atoms with van der Waals surface area (Å²) in [5.74, 6) is -98.7. The number of carbonyl (C=O) groups is 1. The largest absolute Gasteiger partial charge is 0.480 e. The highest BCUT2D eigenvalue weighted by molar-refractivity contribution is 7.90. The summed E-state index contributed by atoms with van der Waals surface area (Å²) in [5, 5.41) is 0.503. The smallest absolute Gasteiger partial charge is 0.460 e. The van der Waals surface area contributed by atoms with Crippen LogP contribution in [0.5, 0.6) is 0 Å². The number of nitrogens with zero attached hydrogens (tertiary/aromatic N) is 2. The van der Waals surface area contributed by atoms with Gasteiger partial charge in [-0.05, 0) is 0 Å². The van der Waals surface area contributed by atoms with E-state index in [0.717, 1.165) is 14.1 Å². The van der Waals surface area contributed by atoms with Crippen LogP contribution in [0.4, 0.5) is 110 Å². The van der Waals surface area contributed by atoms with Crippen LogP contribution in [0.2, 0.25) is 0 Å². The maximum atomic E-state index is 14.7. The van der Waals surface area contributed by atoms with E-state index in [9.17, 15) is 131 Å². The molecule has 0 saturated carbocycles. The Morgan fingerprint density at radius 1 is 0.500 bits per heavy atom. The molecule has 0 aromatic rings. The lowest BCUT2D eigenvalue weighted by molar-refractivity contribution is -0.890. The molecule has 0 amide bonds. The standard InChI is InChI=1S/C22H21F25N2O7S2/c1-49(2,7-4-8-57(52,53)54)6-3-5-48(9-10(50)51)58(55,56)22(46,47)20(41,42)18(37,38)16(33,34)14(29,30)12(25,26)11(23,24)13(27,28)15(31,32)17(35,36)19(39,40)21(43,44)45/h3-9H2,1-2H3,(H-,50,51,52,53,54)/p+1. The van der Waals surface area contributed by atoms with E-state index in [1.165, 1.54) is 0 Å². The number of alkyl halides is 25. The number of hydrogen-bond acceptors (Lipinski definition) is 5. The van der Waals surface area contributed by atoms with Crippen molar-refractivity contribution in [2.75, 3.05) is 46.0 Å². The Balaban J connectivity index is 7.29. The lowest BCUT2D eigenvalue weighted by atomic mass is 9.85. The normalized spacial score (nSPS) is 16.3. The third-order valence-corrected chi connectivity index (χ3v) is 10.3. The molecule has 58 heavy (non-hydrogen) atoms. The quantitative estimate of drug-likeness (QED) is 0.0683. The zero-order chi connectivity index (χ0) is 47.6. The number of aliphatic carboxylic acids is 1. The zero-order valence-electron chi connectivity index (χ0n) is 27.5. The first kappa shape index (κ1) is 55.5. The summed E-state index contributed by atoms with van der Waals surface area (Å²) in [6, 6.07) is 0. The van der Waals surface area contributed by atoms with E-state index in [0.29, 0.717) is 0 Å². The van der Waals surface area contributed by atoms with E-state index in [1.54, 1.807) is 0 Å². The maximum absolute atomic E-state index is 14.7. The topological polar surface area (TPSA) is 129 Å². The van der Waals surface area contributed by atoms with Crippen LogP contribution in [-0.4, -0.2) is 158 Å². The second-order valence-electron chi connectivity index (χ2n) is 12.4. The molecule has 0 aliphatic heterocycles. The lowest BCUT2D eigenvalue weighted by Gasteiger charge is -2.45. The van der Waals surface area contributed by atoms with Crippen molar-refractivity contribution in [1.29, 1.82) is 0 Å². The molecule has 0 fully saturated rings. The van der Waals surface area contributed by atoms with E-state index in [1.807, 2.05) is 0 Å². The number of quaternary nitrogens is 1. The number of sulfonamides is 1. The average Bonchev–Trinajstić information content (AvgIpc) is 2.97. The van der Waals surface area contributed by atoms with Gasteiger partial charge in [0.1, 0.15) is 6.54 Å². The van der Waals surface area contributed by atoms with Gasteiger partial charge in [0.25, 0.3) is 20.1 Å². The molecule has 0 radical (unpaired) electrons. The summed E-state index contributed by atoms with van der Waals surface area (Å²) < 4.78 is 397. The minimum atomic E-state index is -9.87. The van der Waals surface area contributed by atoms with E-state index < -0.39 is 144 Å². The van der Waals surface area contributed by atoms with Crippen molar-refractivity contribution in [2.24, 2.45) is 0 Å². The predicted octanol–water partition coefficient (Wildman–Crippen LogP) is 6.96. The fraction of sp³-hybridized carbons (Fsp3) is 0.955. The van der Waals surface area contributed by atoms with Gasteiger partial charge in [-0.25, -0.2) is 8.42 Å². The first-order valence-electron chi connectivity index (χ1n) is 13.9. The second kappa shape index (κ2) is 15.4. The molecular weight excluding hydrogens is 943 g/mol. The Bertz CT molecular complexity index is 1710. The Hall–Kier alpha value is -2.50. The highest BCUT2D eigenvalue weighted by atomic mass is 32.2. The van der Waals surface area contributed by atoms with Crippen molar-refractivity contribution in [2.45, 2.75) is 83.5 Å². The third-order valence-electron chi connectivity index (χ3n) is 7.58. The zero-order valence-corrected chi connectivity index (χ0v) is 29.2. The van der Waals surface area contributed by atoms with Gasteiger partial charge >= 0.3 is 76.6 Å². The average molecular weight is 966 g/mol. The molecule has 0 spiro atoms. The van der Waals surface area contributed by atoms with Crippen LogP contribution in [0.25, 0.3) is 0 Å². The molecule has 0 heterocycles. The van der Waals surface area contributed by atoms with Gasteiger partial charge in [-0.2, -0.15) is 122 Å². The molecule has 0 unspecified atom stereocenters. The predicted molar refractivity (Wildman–Crippen MR) is 136 cm³/mol. The molecule has 0 aliphatic rings. The molecule has 36 heteroatoms. The summed E-state index contributed by atoms with van der Waals surface area (Å²) >= 11 is 0. The first-order chi connectivity index (χ1) is 24.7. The number of hydrogen-bond donors (Lipinski definition) is 2. The van der Waals surface area contributed by atoms with E-state index in [4.69, 9.17) is 9.66 Å². The summed E-state index contributed by atoms with van der Waals surface area (Å²) in [6.07, 6.45) is -9.88. The maximum Gasteiger partial charge on any atom is 0.460 e. The summed E-state index contributed by atoms with van der Waals surface area (Å²) in [4.78, 5) is 11.0. The van der Waals surface area contributed by atoms with Gasteiger partial charge < -0.3 is 9.59 Å². The Labute approximate surface area is 306 Å². The minimum Gasteiger partial charge on any atom is -0.480 e. The molecule has 9 nitrogen and oxygen atoms in total. The molecule has 348 valence electrons. The van der Waals surface area contributed by atoms with Gasteiger partial charge in [-0.15, -0.1) is 0 Å². The van der Waals surface area contributed by atoms with Crippen LogP contribution >= 0.6 is 0 Å². The number of halogens is 25. The fourth-order valence-electron chi connectivity index (χ4n) is 4.16. The molecular formula is C22H22F25N2O7S2+. The molecule has 0 atom stereocenters. The lowest BCUT2D eigenvalue weighted by Crippen LogP contribution is -2.78. The van der Waals surface area contributed by atoms with Gasteiger partial charge in [-0.1, -0.05) is 0 Å². The van der Waals surface area contributed by atoms with Crippen LogP contribution in [0.3, 0.4) is 0 Å². The van der Waals surface area contributed by atoms with Crippen LogP contribution in [-0.2, 0) is 24.9 Å². The molecule has 2 N–H and O–H groups in total. The molecule has 0 bridgehead atoms. The first-order valence-corrected chi connectivity index (χ1v) is 17.0. The molecule has 0 rings (SSSR count). The van der Waals surface area contributed by atoms with Crippen molar-refractivity contribution < 1.29 is 146 Å². The van der Waals surface area contributed by atoms with Crippen LogP contribution < -0.4 is 0 Å². The van der Waals surface area contributed by atoms with Crippen molar-refractivity contribution in [1.82, 2.24) is 4.31 Å². The van der Waals surface area contributed by atoms with Crippen molar-refractivity contribution in [3.8, 4) is 0 Å². The highest BCUT2D eigenvalue weighted by Crippen LogP contribution is 2.68. The minimum absolute atomic E-state index is 0.384. The Morgan fingerprint density at radius 3 is 1.05 bits per heavy atom. The van der Waals surface area contributed by atoms with Crippen molar-refractivity contribution in [3.05, 3.63) is 0 Å². The Morgan fingerprint density at radius 2 is 0.776 bits per heavy atom. The molecule has 0 aliphatic carbocycles. The van der Waals surface area contributed by atoms with Crippen molar-refractivity contribution in [3.63, 3.8) is 0 Å². The monoisotopic (exact) mass is 965 g/mol. The van der Waals surface area contributed by atoms with Gasteiger partial charge in [0.05, 0.1) is 32.9 Å². The fourth-order valence-corrected chi connectivity index (χ4v) is 6.08. The number of rotatable bonds is 22. The van der Waals surface area contributed by atoms with Crippen LogP contribution in [0, 0.1) is 0 Å². The SMILES string of the molecule is C[N+](C)(CCCN(CC(=O)O)S(=O)(=O)C(F)(F)C(F)(F)C(F)(F)C(F)(F)C(F)(F)C(F)(F)C(F)(F)C(F)(F)C(F)(F)C(F)(F)C(F)(F)C(F)(F)F)CCCS(=O)(=O)O.